The Morgan fingerprint density at radius 2 is 1.83 bits per heavy atom. The summed E-state index contributed by atoms with van der Waals surface area (Å²) in [6.07, 6.45) is 0. The van der Waals surface area contributed by atoms with E-state index in [1.807, 2.05) is 38.1 Å². The van der Waals surface area contributed by atoms with Crippen LogP contribution in [0.3, 0.4) is 0 Å². The molecular formula is C18H19NO4. The molecule has 5 nitrogen and oxygen atoms in total. The molecule has 0 saturated carbocycles. The van der Waals surface area contributed by atoms with Crippen LogP contribution in [0.1, 0.15) is 11.1 Å². The molecule has 2 aromatic carbocycles. The van der Waals surface area contributed by atoms with Gasteiger partial charge in [0.1, 0.15) is 25.2 Å². The molecule has 0 bridgehead atoms. The first-order valence-electron chi connectivity index (χ1n) is 7.17. The first kappa shape index (κ1) is 16.5. The Morgan fingerprint density at radius 3 is 2.52 bits per heavy atom. The van der Waals surface area contributed by atoms with Crippen molar-refractivity contribution in [1.29, 1.82) is 0 Å². The van der Waals surface area contributed by atoms with Crippen LogP contribution < -0.4 is 9.47 Å². The first-order chi connectivity index (χ1) is 11.1. The van der Waals surface area contributed by atoms with Crippen molar-refractivity contribution in [1.82, 2.24) is 0 Å². The van der Waals surface area contributed by atoms with Crippen LogP contribution in [0.25, 0.3) is 0 Å². The van der Waals surface area contributed by atoms with Crippen LogP contribution >= 0.6 is 0 Å². The zero-order valence-corrected chi connectivity index (χ0v) is 13.4. The molecule has 0 heterocycles. The summed E-state index contributed by atoms with van der Waals surface area (Å²) in [4.78, 5) is 16.9. The van der Waals surface area contributed by atoms with Crippen LogP contribution in [-0.2, 0) is 9.63 Å². The molecule has 2 rings (SSSR count). The SMILES string of the molecule is CON=C(COc1cc(C)ccc1C)C(=O)Oc1ccccc1. The minimum atomic E-state index is -0.608. The average molecular weight is 313 g/mol. The van der Waals surface area contributed by atoms with Gasteiger partial charge in [-0.05, 0) is 43.2 Å². The number of rotatable bonds is 6. The van der Waals surface area contributed by atoms with E-state index in [0.717, 1.165) is 11.1 Å². The number of carbonyl (C=O) groups excluding carboxylic acids is 1. The van der Waals surface area contributed by atoms with Crippen molar-refractivity contribution in [3.63, 3.8) is 0 Å². The van der Waals surface area contributed by atoms with Crippen molar-refractivity contribution >= 4 is 11.7 Å². The summed E-state index contributed by atoms with van der Waals surface area (Å²) in [7, 11) is 1.37. The van der Waals surface area contributed by atoms with E-state index in [0.29, 0.717) is 11.5 Å². The predicted molar refractivity (Wildman–Crippen MR) is 87.9 cm³/mol. The lowest BCUT2D eigenvalue weighted by Gasteiger charge is -2.11. The maximum Gasteiger partial charge on any atom is 0.365 e. The van der Waals surface area contributed by atoms with Crippen molar-refractivity contribution in [3.05, 3.63) is 59.7 Å². The number of aryl methyl sites for hydroxylation is 2. The van der Waals surface area contributed by atoms with Crippen LogP contribution in [0.4, 0.5) is 0 Å². The summed E-state index contributed by atoms with van der Waals surface area (Å²) in [6.45, 7) is 3.87. The number of carbonyl (C=O) groups is 1. The van der Waals surface area contributed by atoms with Gasteiger partial charge in [0.2, 0.25) is 5.71 Å². The smallest absolute Gasteiger partial charge is 0.365 e. The Labute approximate surface area is 135 Å². The lowest BCUT2D eigenvalue weighted by molar-refractivity contribution is -0.127. The summed E-state index contributed by atoms with van der Waals surface area (Å²) in [6, 6.07) is 14.6. The third-order valence-corrected chi connectivity index (χ3v) is 3.10. The number of benzene rings is 2. The van der Waals surface area contributed by atoms with E-state index in [-0.39, 0.29) is 12.3 Å². The van der Waals surface area contributed by atoms with E-state index in [1.165, 1.54) is 7.11 Å². The third-order valence-electron chi connectivity index (χ3n) is 3.10. The number of hydrogen-bond acceptors (Lipinski definition) is 5. The second-order valence-electron chi connectivity index (χ2n) is 4.98. The van der Waals surface area contributed by atoms with Crippen LogP contribution in [0.15, 0.2) is 53.7 Å². The quantitative estimate of drug-likeness (QED) is 0.355. The molecule has 23 heavy (non-hydrogen) atoms. The molecule has 0 aromatic heterocycles. The van der Waals surface area contributed by atoms with Crippen LogP contribution in [0.2, 0.25) is 0 Å². The van der Waals surface area contributed by atoms with Crippen molar-refractivity contribution in [2.45, 2.75) is 13.8 Å². The highest BCUT2D eigenvalue weighted by atomic mass is 16.6. The molecule has 0 atom stereocenters. The second kappa shape index (κ2) is 7.98. The highest BCUT2D eigenvalue weighted by Crippen LogP contribution is 2.19. The number of ether oxygens (including phenoxy) is 2. The largest absolute Gasteiger partial charge is 0.487 e. The van der Waals surface area contributed by atoms with Crippen molar-refractivity contribution in [2.24, 2.45) is 5.16 Å². The van der Waals surface area contributed by atoms with Crippen LogP contribution in [0.5, 0.6) is 11.5 Å². The van der Waals surface area contributed by atoms with Gasteiger partial charge >= 0.3 is 5.97 Å². The third kappa shape index (κ3) is 4.85. The molecular weight excluding hydrogens is 294 g/mol. The van der Waals surface area contributed by atoms with Crippen LogP contribution in [0, 0.1) is 13.8 Å². The normalized spacial score (nSPS) is 11.0. The summed E-state index contributed by atoms with van der Waals surface area (Å²) < 4.78 is 10.9. The standard InChI is InChI=1S/C18H19NO4/c1-13-9-10-14(2)17(11-13)22-12-16(19-21-3)18(20)23-15-7-5-4-6-8-15/h4-11H,12H2,1-3H3. The van der Waals surface area contributed by atoms with Crippen molar-refractivity contribution in [3.8, 4) is 11.5 Å². The number of para-hydroxylation sites is 1. The van der Waals surface area contributed by atoms with Gasteiger partial charge < -0.3 is 14.3 Å². The van der Waals surface area contributed by atoms with Gasteiger partial charge in [-0.25, -0.2) is 4.79 Å². The van der Waals surface area contributed by atoms with Gasteiger partial charge in [0.05, 0.1) is 0 Å². The lowest BCUT2D eigenvalue weighted by Crippen LogP contribution is -2.27. The monoisotopic (exact) mass is 313 g/mol. The molecule has 120 valence electrons. The van der Waals surface area contributed by atoms with Crippen LogP contribution in [-0.4, -0.2) is 25.4 Å². The van der Waals surface area contributed by atoms with Crippen molar-refractivity contribution < 1.29 is 19.1 Å². The minimum absolute atomic E-state index is 0.0379. The summed E-state index contributed by atoms with van der Waals surface area (Å²) >= 11 is 0. The Kier molecular flexibility index (Phi) is 5.74. The lowest BCUT2D eigenvalue weighted by atomic mass is 10.1. The molecule has 0 aliphatic rings. The Morgan fingerprint density at radius 1 is 1.09 bits per heavy atom. The zero-order chi connectivity index (χ0) is 16.7. The fraction of sp³-hybridized carbons (Fsp3) is 0.222. The molecule has 5 heteroatoms. The number of hydrogen-bond donors (Lipinski definition) is 0. The van der Waals surface area contributed by atoms with E-state index in [2.05, 4.69) is 5.16 Å². The van der Waals surface area contributed by atoms with E-state index in [1.54, 1.807) is 24.3 Å². The topological polar surface area (TPSA) is 57.1 Å². The summed E-state index contributed by atoms with van der Waals surface area (Å²) in [5.74, 6) is 0.526. The van der Waals surface area contributed by atoms with E-state index in [9.17, 15) is 4.79 Å². The molecule has 0 N–H and O–H groups in total. The van der Waals surface area contributed by atoms with E-state index >= 15 is 0 Å². The van der Waals surface area contributed by atoms with Gasteiger partial charge in [-0.15, -0.1) is 0 Å². The molecule has 0 saturated heterocycles. The van der Waals surface area contributed by atoms with Gasteiger partial charge in [-0.3, -0.25) is 0 Å². The molecule has 0 unspecified atom stereocenters. The van der Waals surface area contributed by atoms with Gasteiger partial charge in [-0.2, -0.15) is 0 Å². The molecule has 0 aliphatic carbocycles. The number of esters is 1. The molecule has 0 fully saturated rings. The minimum Gasteiger partial charge on any atom is -0.487 e. The highest BCUT2D eigenvalue weighted by molar-refractivity contribution is 6.37. The van der Waals surface area contributed by atoms with Gasteiger partial charge in [0.25, 0.3) is 0 Å². The van der Waals surface area contributed by atoms with Gasteiger partial charge in [-0.1, -0.05) is 35.5 Å². The average Bonchev–Trinajstić information content (AvgIpc) is 2.55. The molecule has 0 radical (unpaired) electrons. The fourth-order valence-corrected chi connectivity index (χ4v) is 1.90. The highest BCUT2D eigenvalue weighted by Gasteiger charge is 2.17. The molecule has 0 spiro atoms. The van der Waals surface area contributed by atoms with Gasteiger partial charge in [0.15, 0.2) is 0 Å². The van der Waals surface area contributed by atoms with E-state index < -0.39 is 5.97 Å². The van der Waals surface area contributed by atoms with Gasteiger partial charge in [0, 0.05) is 0 Å². The zero-order valence-electron chi connectivity index (χ0n) is 13.4. The van der Waals surface area contributed by atoms with Crippen molar-refractivity contribution in [2.75, 3.05) is 13.7 Å². The summed E-state index contributed by atoms with van der Waals surface area (Å²) in [5.41, 5.74) is 2.10. The Hall–Kier alpha value is -2.82. The number of oxime groups is 1. The second-order valence-corrected chi connectivity index (χ2v) is 4.98. The molecule has 0 aliphatic heterocycles. The Bertz CT molecular complexity index is 695. The maximum atomic E-state index is 12.2. The predicted octanol–water partition coefficient (Wildman–Crippen LogP) is 3.29. The molecule has 2 aromatic rings. The fourth-order valence-electron chi connectivity index (χ4n) is 1.90. The maximum absolute atomic E-state index is 12.2. The number of nitrogens with zero attached hydrogens (tertiary/aromatic N) is 1. The Balaban J connectivity index is 2.05. The summed E-state index contributed by atoms with van der Waals surface area (Å²) in [5, 5.41) is 3.70. The van der Waals surface area contributed by atoms with E-state index in [4.69, 9.17) is 14.3 Å². The molecule has 0 amide bonds. The first-order valence-corrected chi connectivity index (χ1v) is 7.17.